The third-order valence-electron chi connectivity index (χ3n) is 4.05. The Labute approximate surface area is 126 Å². The van der Waals surface area contributed by atoms with Gasteiger partial charge in [0.2, 0.25) is 0 Å². The van der Waals surface area contributed by atoms with E-state index in [0.717, 1.165) is 24.8 Å². The number of benzene rings is 1. The molecule has 1 aromatic rings. The van der Waals surface area contributed by atoms with Crippen molar-refractivity contribution in [2.45, 2.75) is 70.5 Å². The first kappa shape index (κ1) is 16.4. The van der Waals surface area contributed by atoms with Crippen molar-refractivity contribution in [3.05, 3.63) is 35.6 Å². The molecule has 0 amide bonds. The lowest BCUT2D eigenvalue weighted by molar-refractivity contribution is -0.127. The molecule has 1 aromatic carbocycles. The van der Waals surface area contributed by atoms with Crippen molar-refractivity contribution in [3.8, 4) is 0 Å². The van der Waals surface area contributed by atoms with E-state index < -0.39 is 0 Å². The standard InChI is InChI=1S/C17H26FNO2/c1-4-16(19)17(13-5-7-14(18)8-6-13)21-15-9-11(2)20-12(3)10-15/h5-8,11-12,15-17H,4,9-10,19H2,1-3H3. The molecule has 4 heteroatoms. The topological polar surface area (TPSA) is 44.5 Å². The normalized spacial score (nSPS) is 29.1. The number of hydrogen-bond donors (Lipinski definition) is 1. The Kier molecular flexibility index (Phi) is 5.73. The molecular formula is C17H26FNO2. The second-order valence-electron chi connectivity index (χ2n) is 6.03. The van der Waals surface area contributed by atoms with E-state index in [1.54, 1.807) is 12.1 Å². The van der Waals surface area contributed by atoms with Crippen molar-refractivity contribution in [1.82, 2.24) is 0 Å². The lowest BCUT2D eigenvalue weighted by Crippen LogP contribution is -2.38. The first-order valence-electron chi connectivity index (χ1n) is 7.81. The second kappa shape index (κ2) is 7.34. The van der Waals surface area contributed by atoms with E-state index in [0.29, 0.717) is 0 Å². The molecular weight excluding hydrogens is 269 g/mol. The molecule has 1 heterocycles. The first-order chi connectivity index (χ1) is 9.99. The molecule has 3 nitrogen and oxygen atoms in total. The summed E-state index contributed by atoms with van der Waals surface area (Å²) in [5, 5.41) is 0. The lowest BCUT2D eigenvalue weighted by Gasteiger charge is -2.36. The van der Waals surface area contributed by atoms with Gasteiger partial charge in [-0.1, -0.05) is 19.1 Å². The van der Waals surface area contributed by atoms with E-state index in [2.05, 4.69) is 13.8 Å². The van der Waals surface area contributed by atoms with Crippen molar-refractivity contribution in [3.63, 3.8) is 0 Å². The highest BCUT2D eigenvalue weighted by Crippen LogP contribution is 2.30. The van der Waals surface area contributed by atoms with Gasteiger partial charge in [0.15, 0.2) is 0 Å². The van der Waals surface area contributed by atoms with Crippen LogP contribution in [-0.4, -0.2) is 24.4 Å². The zero-order valence-corrected chi connectivity index (χ0v) is 13.1. The van der Waals surface area contributed by atoms with Gasteiger partial charge < -0.3 is 15.2 Å². The summed E-state index contributed by atoms with van der Waals surface area (Å²) in [7, 11) is 0. The second-order valence-corrected chi connectivity index (χ2v) is 6.03. The van der Waals surface area contributed by atoms with Gasteiger partial charge in [0.1, 0.15) is 5.82 Å². The van der Waals surface area contributed by atoms with Gasteiger partial charge in [-0.25, -0.2) is 4.39 Å². The van der Waals surface area contributed by atoms with Gasteiger partial charge in [0, 0.05) is 6.04 Å². The summed E-state index contributed by atoms with van der Waals surface area (Å²) in [6.07, 6.45) is 2.90. The number of rotatable bonds is 5. The van der Waals surface area contributed by atoms with E-state index in [4.69, 9.17) is 15.2 Å². The van der Waals surface area contributed by atoms with Crippen LogP contribution >= 0.6 is 0 Å². The van der Waals surface area contributed by atoms with Crippen molar-refractivity contribution in [2.24, 2.45) is 5.73 Å². The Morgan fingerprint density at radius 1 is 1.24 bits per heavy atom. The molecule has 2 rings (SSSR count). The van der Waals surface area contributed by atoms with Gasteiger partial charge in [0.05, 0.1) is 24.4 Å². The van der Waals surface area contributed by atoms with Crippen molar-refractivity contribution in [1.29, 1.82) is 0 Å². The molecule has 4 unspecified atom stereocenters. The number of hydrogen-bond acceptors (Lipinski definition) is 3. The zero-order valence-electron chi connectivity index (χ0n) is 13.1. The summed E-state index contributed by atoms with van der Waals surface area (Å²) in [5.41, 5.74) is 7.17. The van der Waals surface area contributed by atoms with E-state index in [9.17, 15) is 4.39 Å². The van der Waals surface area contributed by atoms with Crippen LogP contribution in [0.1, 0.15) is 51.7 Å². The highest BCUT2D eigenvalue weighted by Gasteiger charge is 2.29. The Morgan fingerprint density at radius 2 is 1.81 bits per heavy atom. The Balaban J connectivity index is 2.11. The van der Waals surface area contributed by atoms with Gasteiger partial charge in [-0.15, -0.1) is 0 Å². The molecule has 21 heavy (non-hydrogen) atoms. The molecule has 0 saturated carbocycles. The molecule has 2 N–H and O–H groups in total. The zero-order chi connectivity index (χ0) is 15.4. The Bertz CT molecular complexity index is 427. The van der Waals surface area contributed by atoms with Gasteiger partial charge in [0.25, 0.3) is 0 Å². The van der Waals surface area contributed by atoms with E-state index in [-0.39, 0.29) is 36.3 Å². The summed E-state index contributed by atoms with van der Waals surface area (Å²) in [6.45, 7) is 6.18. The molecule has 1 aliphatic rings. The van der Waals surface area contributed by atoms with Crippen molar-refractivity contribution < 1.29 is 13.9 Å². The van der Waals surface area contributed by atoms with Crippen molar-refractivity contribution >= 4 is 0 Å². The lowest BCUT2D eigenvalue weighted by atomic mass is 9.98. The summed E-state index contributed by atoms with van der Waals surface area (Å²) >= 11 is 0. The predicted octanol–water partition coefficient (Wildman–Crippen LogP) is 3.58. The fraction of sp³-hybridized carbons (Fsp3) is 0.647. The van der Waals surface area contributed by atoms with Crippen LogP contribution in [0.4, 0.5) is 4.39 Å². The molecule has 1 aliphatic heterocycles. The predicted molar refractivity (Wildman–Crippen MR) is 81.5 cm³/mol. The third kappa shape index (κ3) is 4.50. The van der Waals surface area contributed by atoms with Crippen LogP contribution in [0.3, 0.4) is 0 Å². The van der Waals surface area contributed by atoms with Gasteiger partial charge in [-0.05, 0) is 50.8 Å². The summed E-state index contributed by atoms with van der Waals surface area (Å²) in [6, 6.07) is 6.36. The maximum atomic E-state index is 13.1. The van der Waals surface area contributed by atoms with Crippen LogP contribution < -0.4 is 5.73 Å². The van der Waals surface area contributed by atoms with E-state index in [1.807, 2.05) is 6.92 Å². The maximum absolute atomic E-state index is 13.1. The number of ether oxygens (including phenoxy) is 2. The summed E-state index contributed by atoms with van der Waals surface area (Å²) < 4.78 is 25.1. The van der Waals surface area contributed by atoms with Gasteiger partial charge in [-0.3, -0.25) is 0 Å². The monoisotopic (exact) mass is 295 g/mol. The minimum atomic E-state index is -0.240. The number of halogens is 1. The average molecular weight is 295 g/mol. The van der Waals surface area contributed by atoms with Crippen LogP contribution in [0, 0.1) is 5.82 Å². The Morgan fingerprint density at radius 3 is 2.33 bits per heavy atom. The van der Waals surface area contributed by atoms with Crippen LogP contribution in [0.25, 0.3) is 0 Å². The van der Waals surface area contributed by atoms with E-state index >= 15 is 0 Å². The minimum Gasteiger partial charge on any atom is -0.375 e. The quantitative estimate of drug-likeness (QED) is 0.903. The molecule has 0 spiro atoms. The summed E-state index contributed by atoms with van der Waals surface area (Å²) in [5.74, 6) is -0.240. The van der Waals surface area contributed by atoms with Gasteiger partial charge in [-0.2, -0.15) is 0 Å². The SMILES string of the molecule is CCC(N)C(OC1CC(C)OC(C)C1)c1ccc(F)cc1. The molecule has 0 aliphatic carbocycles. The molecule has 1 fully saturated rings. The van der Waals surface area contributed by atoms with Crippen molar-refractivity contribution in [2.75, 3.05) is 0 Å². The fourth-order valence-electron chi connectivity index (χ4n) is 2.96. The van der Waals surface area contributed by atoms with Gasteiger partial charge >= 0.3 is 0 Å². The highest BCUT2D eigenvalue weighted by molar-refractivity contribution is 5.20. The molecule has 4 atom stereocenters. The molecule has 0 aromatic heterocycles. The van der Waals surface area contributed by atoms with E-state index in [1.165, 1.54) is 12.1 Å². The molecule has 1 saturated heterocycles. The smallest absolute Gasteiger partial charge is 0.123 e. The van der Waals surface area contributed by atoms with Crippen LogP contribution in [-0.2, 0) is 9.47 Å². The molecule has 0 radical (unpaired) electrons. The average Bonchev–Trinajstić information content (AvgIpc) is 2.44. The largest absolute Gasteiger partial charge is 0.375 e. The minimum absolute atomic E-state index is 0.0936. The van der Waals surface area contributed by atoms with Crippen LogP contribution in [0.2, 0.25) is 0 Å². The summed E-state index contributed by atoms with van der Waals surface area (Å²) in [4.78, 5) is 0. The fourth-order valence-corrected chi connectivity index (χ4v) is 2.96. The third-order valence-corrected chi connectivity index (χ3v) is 4.05. The Hall–Kier alpha value is -0.970. The maximum Gasteiger partial charge on any atom is 0.123 e. The number of nitrogens with two attached hydrogens (primary N) is 1. The van der Waals surface area contributed by atoms with Crippen LogP contribution in [0.5, 0.6) is 0 Å². The highest BCUT2D eigenvalue weighted by atomic mass is 19.1. The first-order valence-corrected chi connectivity index (χ1v) is 7.81. The molecule has 118 valence electrons. The molecule has 0 bridgehead atoms. The van der Waals surface area contributed by atoms with Crippen LogP contribution in [0.15, 0.2) is 24.3 Å².